The molecule has 0 radical (unpaired) electrons. The highest BCUT2D eigenvalue weighted by Crippen LogP contribution is 2.28. The summed E-state index contributed by atoms with van der Waals surface area (Å²) < 4.78 is 5.53. The molecule has 5 heteroatoms. The van der Waals surface area contributed by atoms with E-state index >= 15 is 0 Å². The van der Waals surface area contributed by atoms with E-state index < -0.39 is 6.10 Å². The molecule has 1 aromatic carbocycles. The van der Waals surface area contributed by atoms with Crippen molar-refractivity contribution in [3.05, 3.63) is 28.8 Å². The lowest BCUT2D eigenvalue weighted by Gasteiger charge is -2.23. The van der Waals surface area contributed by atoms with Gasteiger partial charge in [0.2, 0.25) is 0 Å². The first-order valence-corrected chi connectivity index (χ1v) is 7.83. The lowest BCUT2D eigenvalue weighted by Crippen LogP contribution is -2.39. The number of ether oxygens (including phenoxy) is 1. The second-order valence-corrected chi connectivity index (χ2v) is 5.99. The number of aliphatic hydroxyl groups is 1. The normalized spacial score (nSPS) is 17.3. The third-order valence-electron chi connectivity index (χ3n) is 3.75. The van der Waals surface area contributed by atoms with Crippen molar-refractivity contribution in [3.63, 3.8) is 0 Å². The molecule has 1 saturated carbocycles. The Morgan fingerprint density at radius 1 is 1.43 bits per heavy atom. The van der Waals surface area contributed by atoms with Crippen molar-refractivity contribution in [2.75, 3.05) is 6.61 Å². The standard InChI is InChI=1S/C16H22ClNO3/c1-11(19)14-9-12(17)7-8-15(14)21-10-16(20)18-13-5-3-2-4-6-13/h7-9,11,13,19H,2-6,10H2,1H3,(H,18,20)/t11-/m1/s1. The van der Waals surface area contributed by atoms with Crippen LogP contribution in [0.1, 0.15) is 50.7 Å². The largest absolute Gasteiger partial charge is 0.483 e. The number of carbonyl (C=O) groups is 1. The summed E-state index contributed by atoms with van der Waals surface area (Å²) in [6.07, 6.45) is 5.01. The minimum Gasteiger partial charge on any atom is -0.483 e. The molecule has 0 aromatic heterocycles. The zero-order valence-corrected chi connectivity index (χ0v) is 13.0. The summed E-state index contributed by atoms with van der Waals surface area (Å²) in [4.78, 5) is 11.9. The van der Waals surface area contributed by atoms with Crippen LogP contribution in [-0.2, 0) is 4.79 Å². The maximum Gasteiger partial charge on any atom is 0.258 e. The van der Waals surface area contributed by atoms with Gasteiger partial charge in [-0.1, -0.05) is 30.9 Å². The van der Waals surface area contributed by atoms with Gasteiger partial charge in [-0.2, -0.15) is 0 Å². The zero-order chi connectivity index (χ0) is 15.2. The molecule has 0 unspecified atom stereocenters. The quantitative estimate of drug-likeness (QED) is 0.878. The highest BCUT2D eigenvalue weighted by atomic mass is 35.5. The van der Waals surface area contributed by atoms with Gasteiger partial charge in [0, 0.05) is 16.6 Å². The highest BCUT2D eigenvalue weighted by molar-refractivity contribution is 6.30. The number of hydrogen-bond acceptors (Lipinski definition) is 3. The topological polar surface area (TPSA) is 58.6 Å². The smallest absolute Gasteiger partial charge is 0.258 e. The van der Waals surface area contributed by atoms with Gasteiger partial charge in [-0.25, -0.2) is 0 Å². The lowest BCUT2D eigenvalue weighted by atomic mass is 9.95. The van der Waals surface area contributed by atoms with E-state index in [9.17, 15) is 9.90 Å². The van der Waals surface area contributed by atoms with E-state index in [1.165, 1.54) is 19.3 Å². The maximum absolute atomic E-state index is 11.9. The molecule has 1 amide bonds. The zero-order valence-electron chi connectivity index (χ0n) is 12.3. The first-order valence-electron chi connectivity index (χ1n) is 7.46. The van der Waals surface area contributed by atoms with Crippen LogP contribution >= 0.6 is 11.6 Å². The van der Waals surface area contributed by atoms with Crippen molar-refractivity contribution in [2.24, 2.45) is 0 Å². The average Bonchev–Trinajstić information content (AvgIpc) is 2.47. The molecule has 0 saturated heterocycles. The van der Waals surface area contributed by atoms with E-state index in [0.29, 0.717) is 16.3 Å². The molecule has 1 aromatic rings. The number of hydrogen-bond donors (Lipinski definition) is 2. The number of carbonyl (C=O) groups excluding carboxylic acids is 1. The molecule has 1 aliphatic rings. The Balaban J connectivity index is 1.88. The van der Waals surface area contributed by atoms with Crippen LogP contribution in [0.25, 0.3) is 0 Å². The van der Waals surface area contributed by atoms with E-state index in [1.807, 2.05) is 0 Å². The van der Waals surface area contributed by atoms with Crippen molar-refractivity contribution in [3.8, 4) is 5.75 Å². The molecule has 4 nitrogen and oxygen atoms in total. The van der Waals surface area contributed by atoms with Gasteiger partial charge in [0.15, 0.2) is 6.61 Å². The Labute approximate surface area is 130 Å². The summed E-state index contributed by atoms with van der Waals surface area (Å²) in [5, 5.41) is 13.2. The molecule has 1 aliphatic carbocycles. The Kier molecular flexibility index (Phi) is 5.88. The molecule has 116 valence electrons. The van der Waals surface area contributed by atoms with E-state index in [1.54, 1.807) is 25.1 Å². The molecule has 0 heterocycles. The van der Waals surface area contributed by atoms with Gasteiger partial charge in [0.05, 0.1) is 6.10 Å². The molecule has 0 spiro atoms. The SMILES string of the molecule is C[C@@H](O)c1cc(Cl)ccc1OCC(=O)NC1CCCCC1. The predicted octanol–water partition coefficient (Wildman–Crippen LogP) is 3.22. The van der Waals surface area contributed by atoms with Crippen molar-refractivity contribution in [2.45, 2.75) is 51.2 Å². The first-order chi connectivity index (χ1) is 10.1. The fourth-order valence-electron chi connectivity index (χ4n) is 2.64. The van der Waals surface area contributed by atoms with Crippen LogP contribution in [0.5, 0.6) is 5.75 Å². The van der Waals surface area contributed by atoms with Gasteiger partial charge >= 0.3 is 0 Å². The summed E-state index contributed by atoms with van der Waals surface area (Å²) >= 11 is 5.91. The highest BCUT2D eigenvalue weighted by Gasteiger charge is 2.17. The monoisotopic (exact) mass is 311 g/mol. The van der Waals surface area contributed by atoms with Gasteiger partial charge < -0.3 is 15.2 Å². The number of rotatable bonds is 5. The minimum atomic E-state index is -0.694. The van der Waals surface area contributed by atoms with Gasteiger partial charge in [-0.15, -0.1) is 0 Å². The number of nitrogens with one attached hydrogen (secondary N) is 1. The van der Waals surface area contributed by atoms with Crippen LogP contribution in [-0.4, -0.2) is 23.7 Å². The van der Waals surface area contributed by atoms with Crippen LogP contribution in [0.2, 0.25) is 5.02 Å². The Morgan fingerprint density at radius 2 is 2.14 bits per heavy atom. The maximum atomic E-state index is 11.9. The van der Waals surface area contributed by atoms with Crippen molar-refractivity contribution >= 4 is 17.5 Å². The van der Waals surface area contributed by atoms with Gasteiger partial charge in [0.25, 0.3) is 5.91 Å². The Morgan fingerprint density at radius 3 is 2.81 bits per heavy atom. The first kappa shape index (κ1) is 16.1. The molecule has 0 bridgehead atoms. The van der Waals surface area contributed by atoms with Gasteiger partial charge in [-0.05, 0) is 38.0 Å². The Hall–Kier alpha value is -1.26. The molecule has 0 aliphatic heterocycles. The van der Waals surface area contributed by atoms with E-state index in [2.05, 4.69) is 5.32 Å². The summed E-state index contributed by atoms with van der Waals surface area (Å²) in [5.41, 5.74) is 0.591. The third kappa shape index (κ3) is 4.90. The number of benzene rings is 1. The van der Waals surface area contributed by atoms with Crippen molar-refractivity contribution < 1.29 is 14.6 Å². The third-order valence-corrected chi connectivity index (χ3v) is 3.99. The van der Waals surface area contributed by atoms with E-state index in [0.717, 1.165) is 12.8 Å². The van der Waals surface area contributed by atoms with E-state index in [-0.39, 0.29) is 18.6 Å². The Bertz CT molecular complexity index is 484. The summed E-state index contributed by atoms with van der Waals surface area (Å²) in [5.74, 6) is 0.376. The predicted molar refractivity (Wildman–Crippen MR) is 82.6 cm³/mol. The summed E-state index contributed by atoms with van der Waals surface area (Å²) in [6, 6.07) is 5.29. The average molecular weight is 312 g/mol. The summed E-state index contributed by atoms with van der Waals surface area (Å²) in [7, 11) is 0. The van der Waals surface area contributed by atoms with Crippen LogP contribution in [0, 0.1) is 0 Å². The molecule has 2 N–H and O–H groups in total. The molecule has 2 rings (SSSR count). The van der Waals surface area contributed by atoms with Crippen LogP contribution in [0.3, 0.4) is 0 Å². The number of amides is 1. The van der Waals surface area contributed by atoms with Crippen molar-refractivity contribution in [1.82, 2.24) is 5.32 Å². The summed E-state index contributed by atoms with van der Waals surface area (Å²) in [6.45, 7) is 1.60. The van der Waals surface area contributed by atoms with E-state index in [4.69, 9.17) is 16.3 Å². The second-order valence-electron chi connectivity index (χ2n) is 5.55. The lowest BCUT2D eigenvalue weighted by molar-refractivity contribution is -0.124. The van der Waals surface area contributed by atoms with Crippen LogP contribution in [0.15, 0.2) is 18.2 Å². The molecular formula is C16H22ClNO3. The van der Waals surface area contributed by atoms with Gasteiger partial charge in [-0.3, -0.25) is 4.79 Å². The van der Waals surface area contributed by atoms with Gasteiger partial charge in [0.1, 0.15) is 5.75 Å². The number of halogens is 1. The van der Waals surface area contributed by atoms with Crippen LogP contribution < -0.4 is 10.1 Å². The molecular weight excluding hydrogens is 290 g/mol. The second kappa shape index (κ2) is 7.66. The molecule has 21 heavy (non-hydrogen) atoms. The van der Waals surface area contributed by atoms with Crippen molar-refractivity contribution in [1.29, 1.82) is 0 Å². The fourth-order valence-corrected chi connectivity index (χ4v) is 2.82. The fraction of sp³-hybridized carbons (Fsp3) is 0.562. The van der Waals surface area contributed by atoms with Crippen LogP contribution in [0.4, 0.5) is 0 Å². The molecule has 1 fully saturated rings. The minimum absolute atomic E-state index is 0.0438. The number of aliphatic hydroxyl groups excluding tert-OH is 1. The molecule has 1 atom stereocenters.